The van der Waals surface area contributed by atoms with Gasteiger partial charge in [-0.3, -0.25) is 4.99 Å². The minimum Gasteiger partial charge on any atom is -0.487 e. The van der Waals surface area contributed by atoms with Gasteiger partial charge in [-0.2, -0.15) is 0 Å². The van der Waals surface area contributed by atoms with Crippen LogP contribution in [0.4, 0.5) is 0 Å². The summed E-state index contributed by atoms with van der Waals surface area (Å²) in [4.78, 5) is 4.81. The minimum atomic E-state index is -0.195. The minimum absolute atomic E-state index is 0.195. The summed E-state index contributed by atoms with van der Waals surface area (Å²) in [6.45, 7) is 8.12. The fourth-order valence-electron chi connectivity index (χ4n) is 5.99. The molecular weight excluding hydrogens is 350 g/mol. The lowest BCUT2D eigenvalue weighted by Gasteiger charge is -2.63. The number of ether oxygens (including phenoxy) is 2. The predicted molar refractivity (Wildman–Crippen MR) is 111 cm³/mol. The number of rotatable bonds is 3. The van der Waals surface area contributed by atoms with Crippen LogP contribution in [0.25, 0.3) is 0 Å². The van der Waals surface area contributed by atoms with Crippen LogP contribution in [0.3, 0.4) is 0 Å². The van der Waals surface area contributed by atoms with E-state index in [4.69, 9.17) is 14.5 Å². The second kappa shape index (κ2) is 6.65. The van der Waals surface area contributed by atoms with Gasteiger partial charge >= 0.3 is 0 Å². The molecule has 4 unspecified atom stereocenters. The average Bonchev–Trinajstić information content (AvgIpc) is 3.02. The molecule has 5 rings (SSSR count). The van der Waals surface area contributed by atoms with E-state index in [-0.39, 0.29) is 11.6 Å². The van der Waals surface area contributed by atoms with E-state index in [2.05, 4.69) is 49.6 Å². The Labute approximate surface area is 168 Å². The number of hydrogen-bond donors (Lipinski definition) is 2. The van der Waals surface area contributed by atoms with Crippen LogP contribution in [-0.4, -0.2) is 36.9 Å². The third kappa shape index (κ3) is 2.81. The molecule has 2 aliphatic heterocycles. The molecule has 0 aromatic heterocycles. The van der Waals surface area contributed by atoms with E-state index < -0.39 is 0 Å². The van der Waals surface area contributed by atoms with E-state index >= 15 is 0 Å². The number of para-hydroxylation sites is 1. The Balaban J connectivity index is 1.36. The molecule has 0 radical (unpaired) electrons. The van der Waals surface area contributed by atoms with E-state index in [1.54, 1.807) is 0 Å². The SMILES string of the molecule is CCN=C(NC1CC(C)(C)Oc2ccccc21)NC1C2CCOC2C12CCC2. The molecule has 2 saturated carbocycles. The first kappa shape index (κ1) is 18.3. The van der Waals surface area contributed by atoms with Gasteiger partial charge in [0.05, 0.1) is 12.1 Å². The maximum absolute atomic E-state index is 6.20. The summed E-state index contributed by atoms with van der Waals surface area (Å²) >= 11 is 0. The summed E-state index contributed by atoms with van der Waals surface area (Å²) in [6.07, 6.45) is 6.48. The van der Waals surface area contributed by atoms with Gasteiger partial charge in [0, 0.05) is 42.5 Å². The molecule has 2 heterocycles. The zero-order chi connectivity index (χ0) is 19.4. The smallest absolute Gasteiger partial charge is 0.191 e. The van der Waals surface area contributed by atoms with Gasteiger partial charge in [-0.15, -0.1) is 0 Å². The lowest BCUT2D eigenvalue weighted by molar-refractivity contribution is -0.171. The van der Waals surface area contributed by atoms with Gasteiger partial charge in [0.1, 0.15) is 11.4 Å². The lowest BCUT2D eigenvalue weighted by atomic mass is 9.46. The molecule has 4 atom stereocenters. The van der Waals surface area contributed by atoms with Gasteiger partial charge < -0.3 is 20.1 Å². The molecule has 2 aliphatic carbocycles. The zero-order valence-corrected chi connectivity index (χ0v) is 17.3. The molecule has 3 fully saturated rings. The first-order valence-electron chi connectivity index (χ1n) is 11.0. The summed E-state index contributed by atoms with van der Waals surface area (Å²) < 4.78 is 12.3. The summed E-state index contributed by atoms with van der Waals surface area (Å²) in [5.41, 5.74) is 1.38. The van der Waals surface area contributed by atoms with Crippen molar-refractivity contribution in [3.63, 3.8) is 0 Å². The van der Waals surface area contributed by atoms with Crippen molar-refractivity contribution in [3.8, 4) is 5.75 Å². The fourth-order valence-corrected chi connectivity index (χ4v) is 5.99. The van der Waals surface area contributed by atoms with Crippen molar-refractivity contribution in [1.29, 1.82) is 0 Å². The summed E-state index contributed by atoms with van der Waals surface area (Å²) in [7, 11) is 0. The molecule has 1 aromatic rings. The molecule has 4 aliphatic rings. The largest absolute Gasteiger partial charge is 0.487 e. The Kier molecular flexibility index (Phi) is 4.34. The second-order valence-electron chi connectivity index (χ2n) is 9.58. The highest BCUT2D eigenvalue weighted by atomic mass is 16.5. The molecule has 28 heavy (non-hydrogen) atoms. The number of fused-ring (bicyclic) bond motifs is 3. The van der Waals surface area contributed by atoms with Crippen molar-refractivity contribution in [2.24, 2.45) is 16.3 Å². The number of nitrogens with one attached hydrogen (secondary N) is 2. The van der Waals surface area contributed by atoms with Crippen LogP contribution in [0.2, 0.25) is 0 Å². The van der Waals surface area contributed by atoms with E-state index in [0.29, 0.717) is 23.5 Å². The van der Waals surface area contributed by atoms with Crippen LogP contribution < -0.4 is 15.4 Å². The highest BCUT2D eigenvalue weighted by molar-refractivity contribution is 5.81. The Hall–Kier alpha value is -1.75. The topological polar surface area (TPSA) is 54.9 Å². The number of nitrogens with zero attached hydrogens (tertiary/aromatic N) is 1. The van der Waals surface area contributed by atoms with Gasteiger partial charge in [0.15, 0.2) is 5.96 Å². The summed E-state index contributed by atoms with van der Waals surface area (Å²) in [6, 6.07) is 9.08. The van der Waals surface area contributed by atoms with E-state index in [1.165, 1.54) is 31.2 Å². The molecule has 2 N–H and O–H groups in total. The molecule has 1 saturated heterocycles. The van der Waals surface area contributed by atoms with Gasteiger partial charge in [0.2, 0.25) is 0 Å². The number of guanidine groups is 1. The maximum Gasteiger partial charge on any atom is 0.191 e. The Morgan fingerprint density at radius 1 is 1.21 bits per heavy atom. The zero-order valence-electron chi connectivity index (χ0n) is 17.3. The molecule has 1 aromatic carbocycles. The quantitative estimate of drug-likeness (QED) is 0.616. The standard InChI is InChI=1S/C23H33N3O2/c1-4-24-21(26-19-16-10-13-27-20(16)23(19)11-7-12-23)25-17-14-22(2,3)28-18-9-6-5-8-15(17)18/h5-6,8-9,16-17,19-20H,4,7,10-14H2,1-3H3,(H2,24,25,26). The van der Waals surface area contributed by atoms with E-state index in [1.807, 2.05) is 6.07 Å². The molecule has 0 bridgehead atoms. The first-order valence-corrected chi connectivity index (χ1v) is 11.0. The fraction of sp³-hybridized carbons (Fsp3) is 0.696. The van der Waals surface area contributed by atoms with Crippen molar-refractivity contribution in [2.45, 2.75) is 76.7 Å². The average molecular weight is 384 g/mol. The molecular formula is C23H33N3O2. The molecule has 5 nitrogen and oxygen atoms in total. The highest BCUT2D eigenvalue weighted by Crippen LogP contribution is 2.62. The van der Waals surface area contributed by atoms with Crippen molar-refractivity contribution < 1.29 is 9.47 Å². The predicted octanol–water partition coefficient (Wildman–Crippen LogP) is 3.80. The normalized spacial score (nSPS) is 34.5. The third-order valence-corrected chi connectivity index (χ3v) is 7.33. The van der Waals surface area contributed by atoms with Crippen LogP contribution >= 0.6 is 0 Å². The Morgan fingerprint density at radius 2 is 2.04 bits per heavy atom. The monoisotopic (exact) mass is 383 g/mol. The first-order chi connectivity index (χ1) is 13.5. The number of benzene rings is 1. The van der Waals surface area contributed by atoms with Crippen molar-refractivity contribution in [1.82, 2.24) is 10.6 Å². The lowest BCUT2D eigenvalue weighted by Crippen LogP contribution is -2.72. The number of aliphatic imine (C=N–C) groups is 1. The number of hydrogen-bond acceptors (Lipinski definition) is 3. The van der Waals surface area contributed by atoms with Crippen LogP contribution in [0, 0.1) is 11.3 Å². The molecule has 152 valence electrons. The van der Waals surface area contributed by atoms with Crippen molar-refractivity contribution in [2.75, 3.05) is 13.2 Å². The van der Waals surface area contributed by atoms with Crippen LogP contribution in [0.1, 0.15) is 64.5 Å². The molecule has 0 amide bonds. The van der Waals surface area contributed by atoms with Crippen LogP contribution in [-0.2, 0) is 4.74 Å². The van der Waals surface area contributed by atoms with Gasteiger partial charge in [0.25, 0.3) is 0 Å². The summed E-state index contributed by atoms with van der Waals surface area (Å²) in [5.74, 6) is 2.57. The second-order valence-corrected chi connectivity index (χ2v) is 9.58. The molecule has 1 spiro atoms. The Bertz CT molecular complexity index is 771. The molecule has 5 heteroatoms. The Morgan fingerprint density at radius 3 is 2.79 bits per heavy atom. The highest BCUT2D eigenvalue weighted by Gasteiger charge is 2.66. The van der Waals surface area contributed by atoms with Gasteiger partial charge in [-0.25, -0.2) is 0 Å². The van der Waals surface area contributed by atoms with Crippen LogP contribution in [0.5, 0.6) is 5.75 Å². The van der Waals surface area contributed by atoms with Crippen molar-refractivity contribution >= 4 is 5.96 Å². The third-order valence-electron chi connectivity index (χ3n) is 7.33. The van der Waals surface area contributed by atoms with Crippen LogP contribution in [0.15, 0.2) is 29.3 Å². The van der Waals surface area contributed by atoms with E-state index in [9.17, 15) is 0 Å². The van der Waals surface area contributed by atoms with Crippen molar-refractivity contribution in [3.05, 3.63) is 29.8 Å². The summed E-state index contributed by atoms with van der Waals surface area (Å²) in [5, 5.41) is 7.59. The van der Waals surface area contributed by atoms with E-state index in [0.717, 1.165) is 31.3 Å². The van der Waals surface area contributed by atoms with Gasteiger partial charge in [-0.05, 0) is 46.1 Å². The maximum atomic E-state index is 6.20. The van der Waals surface area contributed by atoms with Gasteiger partial charge in [-0.1, -0.05) is 24.6 Å².